The van der Waals surface area contributed by atoms with Crippen molar-refractivity contribution in [2.75, 3.05) is 7.11 Å². The standard InChI is InChI=1S/C10H12Cl2N2O2/c1-16-14-9(5-10(13)15)7-3-2-6(11)4-8(7)12/h2-4,9,14H,5H2,1H3,(H2,13,15). The monoisotopic (exact) mass is 262 g/mol. The molecule has 1 unspecified atom stereocenters. The van der Waals surface area contributed by atoms with E-state index in [9.17, 15) is 4.79 Å². The maximum absolute atomic E-state index is 10.9. The summed E-state index contributed by atoms with van der Waals surface area (Å²) < 4.78 is 0. The molecule has 16 heavy (non-hydrogen) atoms. The predicted molar refractivity (Wildman–Crippen MR) is 63.2 cm³/mol. The number of nitrogens with two attached hydrogens (primary N) is 1. The van der Waals surface area contributed by atoms with Crippen LogP contribution in [0.4, 0.5) is 0 Å². The molecule has 1 atom stereocenters. The number of amides is 1. The van der Waals surface area contributed by atoms with Crippen LogP contribution in [0.1, 0.15) is 18.0 Å². The van der Waals surface area contributed by atoms with Crippen molar-refractivity contribution < 1.29 is 9.63 Å². The van der Waals surface area contributed by atoms with Crippen molar-refractivity contribution in [2.24, 2.45) is 5.73 Å². The Morgan fingerprint density at radius 1 is 1.56 bits per heavy atom. The third-order valence-electron chi connectivity index (χ3n) is 2.00. The molecule has 88 valence electrons. The van der Waals surface area contributed by atoms with Crippen molar-refractivity contribution in [3.8, 4) is 0 Å². The molecule has 1 amide bonds. The van der Waals surface area contributed by atoms with Crippen LogP contribution in [0.5, 0.6) is 0 Å². The zero-order valence-corrected chi connectivity index (χ0v) is 10.2. The Bertz CT molecular complexity index is 385. The minimum Gasteiger partial charge on any atom is -0.370 e. The van der Waals surface area contributed by atoms with Crippen molar-refractivity contribution in [1.82, 2.24) is 5.48 Å². The first-order valence-electron chi connectivity index (χ1n) is 4.56. The summed E-state index contributed by atoms with van der Waals surface area (Å²) in [5.41, 5.74) is 8.51. The van der Waals surface area contributed by atoms with Gasteiger partial charge in [0.05, 0.1) is 13.2 Å². The number of primary amides is 1. The van der Waals surface area contributed by atoms with E-state index in [4.69, 9.17) is 33.8 Å². The smallest absolute Gasteiger partial charge is 0.219 e. The van der Waals surface area contributed by atoms with Crippen molar-refractivity contribution in [3.63, 3.8) is 0 Å². The minimum atomic E-state index is -0.444. The number of carbonyl (C=O) groups excluding carboxylic acids is 1. The Labute approximate surface area is 104 Å². The first-order valence-corrected chi connectivity index (χ1v) is 5.32. The molecule has 3 N–H and O–H groups in total. The molecule has 1 aromatic rings. The van der Waals surface area contributed by atoms with E-state index in [0.717, 1.165) is 0 Å². The topological polar surface area (TPSA) is 64.3 Å². The average Bonchev–Trinajstić information content (AvgIpc) is 2.16. The molecule has 0 aliphatic heterocycles. The maximum Gasteiger partial charge on any atom is 0.219 e. The first-order chi connectivity index (χ1) is 7.54. The molecule has 0 aliphatic carbocycles. The molecular formula is C10H12Cl2N2O2. The molecule has 0 saturated carbocycles. The molecule has 0 fully saturated rings. The summed E-state index contributed by atoms with van der Waals surface area (Å²) in [5.74, 6) is -0.444. The molecule has 0 saturated heterocycles. The quantitative estimate of drug-likeness (QED) is 0.799. The average molecular weight is 263 g/mol. The molecule has 0 radical (unpaired) electrons. The normalized spacial score (nSPS) is 12.4. The third kappa shape index (κ3) is 3.64. The zero-order chi connectivity index (χ0) is 12.1. The zero-order valence-electron chi connectivity index (χ0n) is 8.67. The molecule has 6 heteroatoms. The molecule has 0 aromatic heterocycles. The molecule has 0 spiro atoms. The van der Waals surface area contributed by atoms with E-state index >= 15 is 0 Å². The molecule has 1 rings (SSSR count). The number of carbonyl (C=O) groups is 1. The predicted octanol–water partition coefficient (Wildman–Crippen LogP) is 2.06. The Balaban J connectivity index is 2.95. The van der Waals surface area contributed by atoms with Gasteiger partial charge in [-0.15, -0.1) is 0 Å². The van der Waals surface area contributed by atoms with E-state index < -0.39 is 5.91 Å². The number of nitrogens with one attached hydrogen (secondary N) is 1. The SMILES string of the molecule is CONC(CC(N)=O)c1ccc(Cl)cc1Cl. The van der Waals surface area contributed by atoms with E-state index in [1.807, 2.05) is 0 Å². The highest BCUT2D eigenvalue weighted by Gasteiger charge is 2.17. The number of halogens is 2. The van der Waals surface area contributed by atoms with Gasteiger partial charge in [0, 0.05) is 16.5 Å². The summed E-state index contributed by atoms with van der Waals surface area (Å²) in [6.45, 7) is 0. The second-order valence-corrected chi connectivity index (χ2v) is 4.05. The van der Waals surface area contributed by atoms with Gasteiger partial charge >= 0.3 is 0 Å². The van der Waals surface area contributed by atoms with E-state index in [-0.39, 0.29) is 12.5 Å². The van der Waals surface area contributed by atoms with Crippen LogP contribution in [-0.2, 0) is 9.63 Å². The van der Waals surface area contributed by atoms with E-state index in [2.05, 4.69) is 5.48 Å². The third-order valence-corrected chi connectivity index (χ3v) is 2.57. The van der Waals surface area contributed by atoms with Crippen LogP contribution in [0.3, 0.4) is 0 Å². The van der Waals surface area contributed by atoms with Gasteiger partial charge in [-0.3, -0.25) is 4.79 Å². The number of benzene rings is 1. The second-order valence-electron chi connectivity index (χ2n) is 3.21. The van der Waals surface area contributed by atoms with Gasteiger partial charge in [0.1, 0.15) is 0 Å². The lowest BCUT2D eigenvalue weighted by molar-refractivity contribution is -0.119. The van der Waals surface area contributed by atoms with Crippen LogP contribution in [0, 0.1) is 0 Å². The van der Waals surface area contributed by atoms with Gasteiger partial charge in [-0.2, -0.15) is 5.48 Å². The van der Waals surface area contributed by atoms with E-state index in [1.165, 1.54) is 7.11 Å². The minimum absolute atomic E-state index is 0.0925. The molecule has 0 bridgehead atoms. The van der Waals surface area contributed by atoms with Crippen LogP contribution < -0.4 is 11.2 Å². The van der Waals surface area contributed by atoms with Crippen molar-refractivity contribution in [2.45, 2.75) is 12.5 Å². The number of hydroxylamine groups is 1. The van der Waals surface area contributed by atoms with Crippen LogP contribution in [0.15, 0.2) is 18.2 Å². The summed E-state index contributed by atoms with van der Waals surface area (Å²) in [7, 11) is 1.46. The van der Waals surface area contributed by atoms with Gasteiger partial charge in [0.25, 0.3) is 0 Å². The highest BCUT2D eigenvalue weighted by Crippen LogP contribution is 2.27. The second kappa shape index (κ2) is 6.06. The fraction of sp³-hybridized carbons (Fsp3) is 0.300. The first kappa shape index (κ1) is 13.3. The molecule has 4 nitrogen and oxygen atoms in total. The van der Waals surface area contributed by atoms with Crippen LogP contribution in [0.2, 0.25) is 10.0 Å². The summed E-state index contributed by atoms with van der Waals surface area (Å²) in [6.07, 6.45) is 0.0925. The maximum atomic E-state index is 10.9. The number of hydrogen-bond acceptors (Lipinski definition) is 3. The van der Waals surface area contributed by atoms with Crippen molar-refractivity contribution >= 4 is 29.1 Å². The Morgan fingerprint density at radius 2 is 2.25 bits per heavy atom. The lowest BCUT2D eigenvalue weighted by Gasteiger charge is -2.17. The van der Waals surface area contributed by atoms with Crippen molar-refractivity contribution in [3.05, 3.63) is 33.8 Å². The largest absolute Gasteiger partial charge is 0.370 e. The summed E-state index contributed by atoms with van der Waals surface area (Å²) in [5, 5.41) is 0.993. The summed E-state index contributed by atoms with van der Waals surface area (Å²) in [4.78, 5) is 15.7. The highest BCUT2D eigenvalue weighted by atomic mass is 35.5. The van der Waals surface area contributed by atoms with Crippen LogP contribution in [0.25, 0.3) is 0 Å². The Morgan fingerprint density at radius 3 is 2.75 bits per heavy atom. The highest BCUT2D eigenvalue weighted by molar-refractivity contribution is 6.35. The number of rotatable bonds is 5. The molecule has 0 aliphatic rings. The molecular weight excluding hydrogens is 251 g/mol. The van der Waals surface area contributed by atoms with Gasteiger partial charge in [0.15, 0.2) is 0 Å². The van der Waals surface area contributed by atoms with E-state index in [0.29, 0.717) is 15.6 Å². The molecule has 1 aromatic carbocycles. The fourth-order valence-corrected chi connectivity index (χ4v) is 1.88. The Hall–Kier alpha value is -0.810. The fourth-order valence-electron chi connectivity index (χ4n) is 1.34. The van der Waals surface area contributed by atoms with Gasteiger partial charge in [0.2, 0.25) is 5.91 Å². The summed E-state index contributed by atoms with van der Waals surface area (Å²) >= 11 is 11.8. The van der Waals surface area contributed by atoms with Gasteiger partial charge in [-0.05, 0) is 17.7 Å². The number of hydrogen-bond donors (Lipinski definition) is 2. The van der Waals surface area contributed by atoms with Gasteiger partial charge < -0.3 is 10.6 Å². The summed E-state index contributed by atoms with van der Waals surface area (Å²) in [6, 6.07) is 4.63. The lowest BCUT2D eigenvalue weighted by atomic mass is 10.0. The van der Waals surface area contributed by atoms with Crippen LogP contribution >= 0.6 is 23.2 Å². The van der Waals surface area contributed by atoms with Gasteiger partial charge in [-0.25, -0.2) is 0 Å². The lowest BCUT2D eigenvalue weighted by Crippen LogP contribution is -2.26. The van der Waals surface area contributed by atoms with E-state index in [1.54, 1.807) is 18.2 Å². The van der Waals surface area contributed by atoms with Crippen molar-refractivity contribution in [1.29, 1.82) is 0 Å². The molecule has 0 heterocycles. The van der Waals surface area contributed by atoms with Crippen LogP contribution in [-0.4, -0.2) is 13.0 Å². The van der Waals surface area contributed by atoms with Gasteiger partial charge in [-0.1, -0.05) is 29.3 Å². The Kier molecular flexibility index (Phi) is 5.02.